The molecule has 3 heterocycles. The highest BCUT2D eigenvalue weighted by Gasteiger charge is 2.10. The Balaban J connectivity index is 2.05. The number of imidazole rings is 1. The summed E-state index contributed by atoms with van der Waals surface area (Å²) in [6.45, 7) is 0. The van der Waals surface area contributed by atoms with Crippen LogP contribution in [0.1, 0.15) is 0 Å². The number of hydrogen-bond acceptors (Lipinski definition) is 4. The number of thiophene rings is 1. The van der Waals surface area contributed by atoms with E-state index in [0.29, 0.717) is 5.95 Å². The Kier molecular flexibility index (Phi) is 2.10. The average Bonchev–Trinajstić information content (AvgIpc) is 3.00. The third-order valence-electron chi connectivity index (χ3n) is 3.18. The SMILES string of the molecule is Nc1nc2cnccc2n1-c1ccc2sccc2c1. The van der Waals surface area contributed by atoms with Crippen molar-refractivity contribution in [3.63, 3.8) is 0 Å². The van der Waals surface area contributed by atoms with Gasteiger partial charge in [0.15, 0.2) is 0 Å². The molecular weight excluding hydrogens is 256 g/mol. The zero-order valence-electron chi connectivity index (χ0n) is 9.95. The normalized spacial score (nSPS) is 11.4. The third-order valence-corrected chi connectivity index (χ3v) is 4.07. The van der Waals surface area contributed by atoms with Crippen molar-refractivity contribution >= 4 is 38.4 Å². The summed E-state index contributed by atoms with van der Waals surface area (Å²) in [7, 11) is 0. The molecule has 4 aromatic rings. The molecule has 19 heavy (non-hydrogen) atoms. The van der Waals surface area contributed by atoms with E-state index in [-0.39, 0.29) is 0 Å². The van der Waals surface area contributed by atoms with Crippen LogP contribution in [-0.4, -0.2) is 14.5 Å². The van der Waals surface area contributed by atoms with Crippen LogP contribution in [0.4, 0.5) is 5.95 Å². The zero-order valence-corrected chi connectivity index (χ0v) is 10.8. The molecule has 0 aliphatic carbocycles. The molecule has 5 heteroatoms. The van der Waals surface area contributed by atoms with Gasteiger partial charge in [0, 0.05) is 16.6 Å². The number of pyridine rings is 1. The minimum absolute atomic E-state index is 0.484. The van der Waals surface area contributed by atoms with E-state index in [0.717, 1.165) is 16.7 Å². The molecule has 0 bridgehead atoms. The Morgan fingerprint density at radius 2 is 2.11 bits per heavy atom. The van der Waals surface area contributed by atoms with Gasteiger partial charge in [-0.25, -0.2) is 4.98 Å². The Bertz CT molecular complexity index is 891. The monoisotopic (exact) mass is 266 g/mol. The highest BCUT2D eigenvalue weighted by Crippen LogP contribution is 2.27. The van der Waals surface area contributed by atoms with Gasteiger partial charge in [0.1, 0.15) is 5.52 Å². The smallest absolute Gasteiger partial charge is 0.205 e. The number of hydrogen-bond donors (Lipinski definition) is 1. The Morgan fingerprint density at radius 1 is 1.16 bits per heavy atom. The molecule has 1 aromatic carbocycles. The molecule has 4 rings (SSSR count). The molecule has 4 nitrogen and oxygen atoms in total. The number of fused-ring (bicyclic) bond motifs is 2. The predicted octanol–water partition coefficient (Wildman–Crippen LogP) is 3.22. The number of benzene rings is 1. The minimum Gasteiger partial charge on any atom is -0.369 e. The van der Waals surface area contributed by atoms with Gasteiger partial charge in [0.25, 0.3) is 0 Å². The van der Waals surface area contributed by atoms with E-state index in [1.54, 1.807) is 23.7 Å². The summed E-state index contributed by atoms with van der Waals surface area (Å²) in [6, 6.07) is 10.3. The molecule has 0 amide bonds. The lowest BCUT2D eigenvalue weighted by molar-refractivity contribution is 1.11. The molecule has 0 aliphatic heterocycles. The van der Waals surface area contributed by atoms with Crippen molar-refractivity contribution in [3.05, 3.63) is 48.1 Å². The lowest BCUT2D eigenvalue weighted by atomic mass is 10.2. The topological polar surface area (TPSA) is 56.7 Å². The molecule has 2 N–H and O–H groups in total. The molecule has 0 spiro atoms. The molecule has 0 saturated carbocycles. The number of aromatic nitrogens is 3. The van der Waals surface area contributed by atoms with E-state index in [1.807, 2.05) is 10.6 Å². The van der Waals surface area contributed by atoms with Crippen molar-refractivity contribution in [1.82, 2.24) is 14.5 Å². The maximum absolute atomic E-state index is 6.03. The summed E-state index contributed by atoms with van der Waals surface area (Å²) >= 11 is 1.73. The van der Waals surface area contributed by atoms with Crippen LogP contribution in [0.25, 0.3) is 26.8 Å². The van der Waals surface area contributed by atoms with E-state index in [4.69, 9.17) is 5.73 Å². The Morgan fingerprint density at radius 3 is 3.05 bits per heavy atom. The number of nitrogen functional groups attached to an aromatic ring is 1. The highest BCUT2D eigenvalue weighted by molar-refractivity contribution is 7.17. The lowest BCUT2D eigenvalue weighted by Crippen LogP contribution is -2.00. The predicted molar refractivity (Wildman–Crippen MR) is 78.7 cm³/mol. The molecule has 0 radical (unpaired) electrons. The van der Waals surface area contributed by atoms with Gasteiger partial charge in [-0.15, -0.1) is 11.3 Å². The summed E-state index contributed by atoms with van der Waals surface area (Å²) in [6.07, 6.45) is 3.48. The van der Waals surface area contributed by atoms with Crippen molar-refractivity contribution in [2.75, 3.05) is 5.73 Å². The maximum atomic E-state index is 6.03. The summed E-state index contributed by atoms with van der Waals surface area (Å²) < 4.78 is 3.22. The first-order chi connectivity index (χ1) is 9.33. The molecule has 92 valence electrons. The van der Waals surface area contributed by atoms with Crippen LogP contribution in [0.3, 0.4) is 0 Å². The lowest BCUT2D eigenvalue weighted by Gasteiger charge is -2.06. The molecular formula is C14H10N4S. The number of nitrogens with zero attached hydrogens (tertiary/aromatic N) is 3. The van der Waals surface area contributed by atoms with Crippen molar-refractivity contribution in [2.45, 2.75) is 0 Å². The first kappa shape index (κ1) is 10.5. The fraction of sp³-hybridized carbons (Fsp3) is 0. The molecule has 0 atom stereocenters. The van der Waals surface area contributed by atoms with Gasteiger partial charge >= 0.3 is 0 Å². The van der Waals surface area contributed by atoms with Crippen molar-refractivity contribution < 1.29 is 0 Å². The van der Waals surface area contributed by atoms with Gasteiger partial charge in [-0.2, -0.15) is 0 Å². The van der Waals surface area contributed by atoms with Crippen LogP contribution in [0.5, 0.6) is 0 Å². The molecule has 0 saturated heterocycles. The Labute approximate surface area is 113 Å². The van der Waals surface area contributed by atoms with Crippen LogP contribution in [0.2, 0.25) is 0 Å². The van der Waals surface area contributed by atoms with E-state index < -0.39 is 0 Å². The van der Waals surface area contributed by atoms with E-state index in [2.05, 4.69) is 39.6 Å². The van der Waals surface area contributed by atoms with Gasteiger partial charge in [-0.3, -0.25) is 9.55 Å². The van der Waals surface area contributed by atoms with Gasteiger partial charge in [-0.1, -0.05) is 0 Å². The second-order valence-electron chi connectivity index (χ2n) is 4.31. The van der Waals surface area contributed by atoms with Crippen LogP contribution >= 0.6 is 11.3 Å². The molecule has 0 fully saturated rings. The Hall–Kier alpha value is -2.40. The number of rotatable bonds is 1. The second kappa shape index (κ2) is 3.80. The van der Waals surface area contributed by atoms with Crippen LogP contribution in [0, 0.1) is 0 Å². The second-order valence-corrected chi connectivity index (χ2v) is 5.26. The molecule has 0 unspecified atom stereocenters. The molecule has 3 aromatic heterocycles. The standard InChI is InChI=1S/C14H10N4S/c15-14-17-11-8-16-5-3-12(11)18(14)10-1-2-13-9(7-10)4-6-19-13/h1-8H,(H2,15,17). The average molecular weight is 266 g/mol. The van der Waals surface area contributed by atoms with Crippen LogP contribution < -0.4 is 5.73 Å². The summed E-state index contributed by atoms with van der Waals surface area (Å²) in [5.74, 6) is 0.484. The first-order valence-electron chi connectivity index (χ1n) is 5.88. The summed E-state index contributed by atoms with van der Waals surface area (Å²) in [5.41, 5.74) is 8.84. The zero-order chi connectivity index (χ0) is 12.8. The van der Waals surface area contributed by atoms with Gasteiger partial charge in [0.2, 0.25) is 5.95 Å². The quantitative estimate of drug-likeness (QED) is 0.575. The first-order valence-corrected chi connectivity index (χ1v) is 6.76. The summed E-state index contributed by atoms with van der Waals surface area (Å²) in [5, 5.41) is 3.31. The fourth-order valence-corrected chi connectivity index (χ4v) is 3.09. The van der Waals surface area contributed by atoms with E-state index in [9.17, 15) is 0 Å². The maximum Gasteiger partial charge on any atom is 0.205 e. The number of anilines is 1. The third kappa shape index (κ3) is 1.52. The van der Waals surface area contributed by atoms with Gasteiger partial charge < -0.3 is 5.73 Å². The van der Waals surface area contributed by atoms with Crippen LogP contribution in [-0.2, 0) is 0 Å². The van der Waals surface area contributed by atoms with Crippen molar-refractivity contribution in [1.29, 1.82) is 0 Å². The van der Waals surface area contributed by atoms with Gasteiger partial charge in [-0.05, 0) is 41.1 Å². The highest BCUT2D eigenvalue weighted by atomic mass is 32.1. The number of nitrogens with two attached hydrogens (primary N) is 1. The van der Waals surface area contributed by atoms with Gasteiger partial charge in [0.05, 0.1) is 11.7 Å². The van der Waals surface area contributed by atoms with E-state index in [1.165, 1.54) is 10.1 Å². The van der Waals surface area contributed by atoms with Crippen molar-refractivity contribution in [2.24, 2.45) is 0 Å². The van der Waals surface area contributed by atoms with Crippen LogP contribution in [0.15, 0.2) is 48.1 Å². The summed E-state index contributed by atoms with van der Waals surface area (Å²) in [4.78, 5) is 8.41. The molecule has 0 aliphatic rings. The van der Waals surface area contributed by atoms with E-state index >= 15 is 0 Å². The fourth-order valence-electron chi connectivity index (χ4n) is 2.32. The van der Waals surface area contributed by atoms with Crippen molar-refractivity contribution in [3.8, 4) is 5.69 Å². The minimum atomic E-state index is 0.484. The largest absolute Gasteiger partial charge is 0.369 e.